The number of rotatable bonds is 6. The molecule has 0 bridgehead atoms. The molecule has 2 heterocycles. The Hall–Kier alpha value is -3.24. The predicted molar refractivity (Wildman–Crippen MR) is 125 cm³/mol. The standard InChI is InChI=1S/C22H20BrN5O3S/c1-14-8-4-6-10-17(14)20-19(23)21(31-18-11-7-5-9-15(18)2)26-22(25-20)27-32(29,30)16-12-24-28(3)13-16/h4-13H,1-3H3,(H,25,26,27). The van der Waals surface area contributed by atoms with Crippen LogP contribution in [0.1, 0.15) is 11.1 Å². The number of nitrogens with zero attached hydrogens (tertiary/aromatic N) is 4. The lowest BCUT2D eigenvalue weighted by Gasteiger charge is -2.15. The van der Waals surface area contributed by atoms with E-state index in [2.05, 4.69) is 35.7 Å². The van der Waals surface area contributed by atoms with E-state index in [-0.39, 0.29) is 16.7 Å². The maximum Gasteiger partial charge on any atom is 0.267 e. The summed E-state index contributed by atoms with van der Waals surface area (Å²) in [5, 5.41) is 3.92. The molecule has 0 aliphatic heterocycles. The van der Waals surface area contributed by atoms with Crippen molar-refractivity contribution < 1.29 is 13.2 Å². The maximum absolute atomic E-state index is 12.8. The Morgan fingerprint density at radius 3 is 2.34 bits per heavy atom. The Morgan fingerprint density at radius 1 is 1.00 bits per heavy atom. The second kappa shape index (κ2) is 8.71. The van der Waals surface area contributed by atoms with Crippen molar-refractivity contribution in [2.75, 3.05) is 4.72 Å². The molecular weight excluding hydrogens is 494 g/mol. The summed E-state index contributed by atoms with van der Waals surface area (Å²) in [6, 6.07) is 15.2. The van der Waals surface area contributed by atoms with Gasteiger partial charge in [0.1, 0.15) is 15.1 Å². The number of anilines is 1. The van der Waals surface area contributed by atoms with Crippen molar-refractivity contribution in [2.45, 2.75) is 18.7 Å². The summed E-state index contributed by atoms with van der Waals surface area (Å²) in [6.45, 7) is 3.87. The Labute approximate surface area is 194 Å². The fourth-order valence-electron chi connectivity index (χ4n) is 3.05. The number of benzene rings is 2. The molecular formula is C22H20BrN5O3S. The number of sulfonamides is 1. The van der Waals surface area contributed by atoms with Gasteiger partial charge in [-0.05, 0) is 47.0 Å². The van der Waals surface area contributed by atoms with E-state index in [1.165, 1.54) is 17.1 Å². The number of para-hydroxylation sites is 1. The average Bonchev–Trinajstić information content (AvgIpc) is 3.20. The SMILES string of the molecule is Cc1ccccc1Oc1nc(NS(=O)(=O)c2cnn(C)c2)nc(-c2ccccc2C)c1Br. The molecule has 2 aromatic carbocycles. The zero-order chi connectivity index (χ0) is 22.9. The van der Waals surface area contributed by atoms with E-state index < -0.39 is 10.0 Å². The zero-order valence-corrected chi connectivity index (χ0v) is 20.0. The van der Waals surface area contributed by atoms with E-state index in [1.807, 2.05) is 62.4 Å². The number of ether oxygens (including phenoxy) is 1. The number of aryl methyl sites for hydroxylation is 3. The van der Waals surface area contributed by atoms with Crippen molar-refractivity contribution in [1.82, 2.24) is 19.7 Å². The molecule has 0 saturated carbocycles. The molecule has 0 saturated heterocycles. The third kappa shape index (κ3) is 4.51. The van der Waals surface area contributed by atoms with Crippen LogP contribution >= 0.6 is 15.9 Å². The van der Waals surface area contributed by atoms with Crippen LogP contribution < -0.4 is 9.46 Å². The largest absolute Gasteiger partial charge is 0.437 e. The number of hydrogen-bond donors (Lipinski definition) is 1. The third-order valence-corrected chi connectivity index (χ3v) is 6.74. The molecule has 164 valence electrons. The van der Waals surface area contributed by atoms with Crippen LogP contribution in [0.25, 0.3) is 11.3 Å². The van der Waals surface area contributed by atoms with Crippen LogP contribution in [0.2, 0.25) is 0 Å². The second-order valence-corrected chi connectivity index (χ2v) is 9.63. The predicted octanol–water partition coefficient (Wildman–Crippen LogP) is 4.85. The van der Waals surface area contributed by atoms with Gasteiger partial charge in [-0.2, -0.15) is 10.1 Å². The molecule has 4 aromatic rings. The topological polar surface area (TPSA) is 99.0 Å². The van der Waals surface area contributed by atoms with Gasteiger partial charge in [0.15, 0.2) is 0 Å². The lowest BCUT2D eigenvalue weighted by Crippen LogP contribution is -2.15. The summed E-state index contributed by atoms with van der Waals surface area (Å²) in [5.41, 5.74) is 3.20. The van der Waals surface area contributed by atoms with Gasteiger partial charge in [-0.25, -0.2) is 18.1 Å². The summed E-state index contributed by atoms with van der Waals surface area (Å²) in [6.07, 6.45) is 2.66. The molecule has 32 heavy (non-hydrogen) atoms. The van der Waals surface area contributed by atoms with E-state index in [0.29, 0.717) is 15.9 Å². The van der Waals surface area contributed by atoms with E-state index in [0.717, 1.165) is 16.7 Å². The van der Waals surface area contributed by atoms with Crippen LogP contribution in [-0.4, -0.2) is 28.2 Å². The smallest absolute Gasteiger partial charge is 0.267 e. The molecule has 10 heteroatoms. The first kappa shape index (κ1) is 22.0. The van der Waals surface area contributed by atoms with Crippen LogP contribution in [0.3, 0.4) is 0 Å². The van der Waals surface area contributed by atoms with Crippen LogP contribution in [0.15, 0.2) is 70.3 Å². The molecule has 1 N–H and O–H groups in total. The van der Waals surface area contributed by atoms with Crippen LogP contribution in [0.5, 0.6) is 11.6 Å². The van der Waals surface area contributed by atoms with Gasteiger partial charge in [-0.1, -0.05) is 42.5 Å². The van der Waals surface area contributed by atoms with Gasteiger partial charge in [0, 0.05) is 18.8 Å². The molecule has 2 aromatic heterocycles. The number of nitrogens with one attached hydrogen (secondary N) is 1. The fraction of sp³-hybridized carbons (Fsp3) is 0.136. The van der Waals surface area contributed by atoms with Gasteiger partial charge in [-0.3, -0.25) is 4.68 Å². The summed E-state index contributed by atoms with van der Waals surface area (Å²) < 4.78 is 36.1. The first-order valence-corrected chi connectivity index (χ1v) is 11.9. The second-order valence-electron chi connectivity index (χ2n) is 7.15. The van der Waals surface area contributed by atoms with Gasteiger partial charge in [0.05, 0.1) is 11.9 Å². The summed E-state index contributed by atoms with van der Waals surface area (Å²) >= 11 is 3.56. The molecule has 0 aliphatic carbocycles. The molecule has 0 amide bonds. The summed E-state index contributed by atoms with van der Waals surface area (Å²) in [4.78, 5) is 8.84. The van der Waals surface area contributed by atoms with Crippen molar-refractivity contribution in [3.05, 3.63) is 76.5 Å². The van der Waals surface area contributed by atoms with Gasteiger partial charge in [0.2, 0.25) is 11.8 Å². The first-order valence-electron chi connectivity index (χ1n) is 9.63. The van der Waals surface area contributed by atoms with Gasteiger partial charge in [0.25, 0.3) is 10.0 Å². The molecule has 0 fully saturated rings. The van der Waals surface area contributed by atoms with Crippen LogP contribution in [0.4, 0.5) is 5.95 Å². The van der Waals surface area contributed by atoms with Crippen LogP contribution in [0, 0.1) is 13.8 Å². The molecule has 0 spiro atoms. The van der Waals surface area contributed by atoms with E-state index in [4.69, 9.17) is 4.74 Å². The molecule has 4 rings (SSSR count). The zero-order valence-electron chi connectivity index (χ0n) is 17.6. The van der Waals surface area contributed by atoms with Crippen molar-refractivity contribution in [1.29, 1.82) is 0 Å². The van der Waals surface area contributed by atoms with E-state index >= 15 is 0 Å². The van der Waals surface area contributed by atoms with Crippen molar-refractivity contribution >= 4 is 31.9 Å². The highest BCUT2D eigenvalue weighted by Crippen LogP contribution is 2.38. The summed E-state index contributed by atoms with van der Waals surface area (Å²) in [5.74, 6) is 0.680. The third-order valence-electron chi connectivity index (χ3n) is 4.74. The van der Waals surface area contributed by atoms with Gasteiger partial charge >= 0.3 is 0 Å². The highest BCUT2D eigenvalue weighted by Gasteiger charge is 2.22. The lowest BCUT2D eigenvalue weighted by atomic mass is 10.1. The minimum atomic E-state index is -3.94. The minimum Gasteiger partial charge on any atom is -0.437 e. The van der Waals surface area contributed by atoms with E-state index in [1.54, 1.807) is 7.05 Å². The molecule has 8 nitrogen and oxygen atoms in total. The number of hydrogen-bond acceptors (Lipinski definition) is 6. The van der Waals surface area contributed by atoms with Crippen molar-refractivity contribution in [3.63, 3.8) is 0 Å². The minimum absolute atomic E-state index is 0.00494. The molecule has 0 radical (unpaired) electrons. The molecule has 0 aliphatic rings. The Balaban J connectivity index is 1.84. The van der Waals surface area contributed by atoms with Crippen LogP contribution in [-0.2, 0) is 17.1 Å². The fourth-order valence-corrected chi connectivity index (χ4v) is 4.45. The maximum atomic E-state index is 12.8. The number of aromatic nitrogens is 4. The van der Waals surface area contributed by atoms with Gasteiger partial charge in [-0.15, -0.1) is 0 Å². The Bertz CT molecular complexity index is 1400. The normalized spacial score (nSPS) is 11.4. The Kier molecular flexibility index (Phi) is 5.98. The number of halogens is 1. The average molecular weight is 514 g/mol. The van der Waals surface area contributed by atoms with Gasteiger partial charge < -0.3 is 4.74 Å². The molecule has 0 unspecified atom stereocenters. The summed E-state index contributed by atoms with van der Waals surface area (Å²) in [7, 11) is -2.30. The quantitative estimate of drug-likeness (QED) is 0.395. The Morgan fingerprint density at radius 2 is 1.69 bits per heavy atom. The molecule has 0 atom stereocenters. The lowest BCUT2D eigenvalue weighted by molar-refractivity contribution is 0.456. The van der Waals surface area contributed by atoms with Crippen molar-refractivity contribution in [2.24, 2.45) is 7.05 Å². The highest BCUT2D eigenvalue weighted by molar-refractivity contribution is 9.10. The monoisotopic (exact) mass is 513 g/mol. The highest BCUT2D eigenvalue weighted by atomic mass is 79.9. The first-order chi connectivity index (χ1) is 15.2. The van der Waals surface area contributed by atoms with Crippen molar-refractivity contribution in [3.8, 4) is 22.9 Å². The van der Waals surface area contributed by atoms with E-state index in [9.17, 15) is 8.42 Å².